The van der Waals surface area contributed by atoms with E-state index in [1.54, 1.807) is 21.3 Å². The van der Waals surface area contributed by atoms with Crippen LogP contribution in [0.4, 0.5) is 5.69 Å². The Morgan fingerprint density at radius 2 is 1.72 bits per heavy atom. The molecule has 0 saturated carbocycles. The fourth-order valence-corrected chi connectivity index (χ4v) is 4.11. The second kappa shape index (κ2) is 9.32. The van der Waals surface area contributed by atoms with Crippen LogP contribution >= 0.6 is 0 Å². The summed E-state index contributed by atoms with van der Waals surface area (Å²) in [7, 11) is 4.88. The zero-order valence-electron chi connectivity index (χ0n) is 18.6. The highest BCUT2D eigenvalue weighted by Crippen LogP contribution is 2.33. The number of carbonyl (C=O) groups is 2. The number of hydrogen-bond donors (Lipinski definition) is 2. The Bertz CT molecular complexity index is 1150. The van der Waals surface area contributed by atoms with Gasteiger partial charge in [-0.3, -0.25) is 14.5 Å². The van der Waals surface area contributed by atoms with Crippen LogP contribution in [-0.4, -0.2) is 55.6 Å². The van der Waals surface area contributed by atoms with Gasteiger partial charge in [0.25, 0.3) is 0 Å². The van der Waals surface area contributed by atoms with Crippen LogP contribution < -0.4 is 20.1 Å². The second-order valence-electron chi connectivity index (χ2n) is 7.88. The first-order valence-corrected chi connectivity index (χ1v) is 10.6. The maximum Gasteiger partial charge on any atom is 0.239 e. The van der Waals surface area contributed by atoms with E-state index in [0.29, 0.717) is 24.5 Å². The molecule has 2 N–H and O–H groups in total. The Morgan fingerprint density at radius 3 is 2.44 bits per heavy atom. The van der Waals surface area contributed by atoms with Crippen LogP contribution in [0.1, 0.15) is 11.1 Å². The van der Waals surface area contributed by atoms with E-state index in [4.69, 9.17) is 9.47 Å². The molecule has 0 aliphatic carbocycles. The van der Waals surface area contributed by atoms with Crippen molar-refractivity contribution in [2.45, 2.75) is 19.5 Å². The quantitative estimate of drug-likeness (QED) is 0.594. The monoisotopic (exact) mass is 436 g/mol. The first kappa shape index (κ1) is 21.7. The molecule has 2 heterocycles. The fraction of sp³-hybridized carbons (Fsp3) is 0.333. The van der Waals surface area contributed by atoms with Gasteiger partial charge in [-0.25, -0.2) is 0 Å². The zero-order valence-corrected chi connectivity index (χ0v) is 18.6. The van der Waals surface area contributed by atoms with Crippen molar-refractivity contribution in [1.82, 2.24) is 14.8 Å². The highest BCUT2D eigenvalue weighted by molar-refractivity contribution is 5.95. The van der Waals surface area contributed by atoms with E-state index in [1.807, 2.05) is 47.2 Å². The predicted octanol–water partition coefficient (Wildman–Crippen LogP) is 2.40. The summed E-state index contributed by atoms with van der Waals surface area (Å²) in [6, 6.07) is 11.7. The lowest BCUT2D eigenvalue weighted by molar-refractivity contribution is -0.121. The molecule has 0 fully saturated rings. The maximum atomic E-state index is 12.7. The van der Waals surface area contributed by atoms with E-state index in [2.05, 4.69) is 15.5 Å². The molecule has 2 amide bonds. The minimum Gasteiger partial charge on any atom is -0.493 e. The molecule has 32 heavy (non-hydrogen) atoms. The van der Waals surface area contributed by atoms with Gasteiger partial charge in [0.05, 0.1) is 26.3 Å². The molecule has 0 atom stereocenters. The predicted molar refractivity (Wildman–Crippen MR) is 123 cm³/mol. The third-order valence-electron chi connectivity index (χ3n) is 5.81. The molecular formula is C24H28N4O4. The first-order valence-electron chi connectivity index (χ1n) is 10.6. The van der Waals surface area contributed by atoms with Crippen LogP contribution in [0.15, 0.2) is 42.6 Å². The smallest absolute Gasteiger partial charge is 0.239 e. The van der Waals surface area contributed by atoms with Gasteiger partial charge < -0.3 is 24.7 Å². The average Bonchev–Trinajstić information content (AvgIpc) is 3.19. The Kier molecular flexibility index (Phi) is 6.32. The topological polar surface area (TPSA) is 84.8 Å². The fourth-order valence-electron chi connectivity index (χ4n) is 4.11. The summed E-state index contributed by atoms with van der Waals surface area (Å²) >= 11 is 0. The normalized spacial score (nSPS) is 13.5. The van der Waals surface area contributed by atoms with Gasteiger partial charge in [-0.05, 0) is 53.3 Å². The Balaban J connectivity index is 1.42. The van der Waals surface area contributed by atoms with Crippen molar-refractivity contribution in [3.05, 3.63) is 53.7 Å². The Morgan fingerprint density at radius 1 is 0.969 bits per heavy atom. The summed E-state index contributed by atoms with van der Waals surface area (Å²) < 4.78 is 12.7. The largest absolute Gasteiger partial charge is 0.493 e. The highest BCUT2D eigenvalue weighted by Gasteiger charge is 2.21. The molecule has 0 bridgehead atoms. The molecule has 0 saturated heterocycles. The number of carbonyl (C=O) groups excluding carboxylic acids is 2. The number of aromatic nitrogens is 1. The lowest BCUT2D eigenvalue weighted by Crippen LogP contribution is -2.37. The third-order valence-corrected chi connectivity index (χ3v) is 5.81. The molecule has 1 aromatic heterocycles. The summed E-state index contributed by atoms with van der Waals surface area (Å²) in [4.78, 5) is 26.6. The Hall–Kier alpha value is -3.52. The van der Waals surface area contributed by atoms with Gasteiger partial charge in [0, 0.05) is 32.0 Å². The SMILES string of the molecule is CNC(=O)Cn1ccc2ccc(NC(=O)CN3CCc4cc(OC)c(OC)cc4C3)cc21. The van der Waals surface area contributed by atoms with Crippen LogP contribution in [0.5, 0.6) is 11.5 Å². The number of likely N-dealkylation sites (N-methyl/N-ethyl adjacent to an activating group) is 1. The Labute approximate surface area is 187 Å². The van der Waals surface area contributed by atoms with Gasteiger partial charge >= 0.3 is 0 Å². The number of benzene rings is 2. The zero-order chi connectivity index (χ0) is 22.7. The van der Waals surface area contributed by atoms with Gasteiger partial charge in [-0.2, -0.15) is 0 Å². The van der Waals surface area contributed by atoms with Gasteiger partial charge in [0.2, 0.25) is 11.8 Å². The summed E-state index contributed by atoms with van der Waals surface area (Å²) in [5.74, 6) is 1.29. The lowest BCUT2D eigenvalue weighted by atomic mass is 9.99. The lowest BCUT2D eigenvalue weighted by Gasteiger charge is -2.29. The van der Waals surface area contributed by atoms with Crippen molar-refractivity contribution in [1.29, 1.82) is 0 Å². The van der Waals surface area contributed by atoms with Crippen LogP contribution in [0.25, 0.3) is 10.9 Å². The number of methoxy groups -OCH3 is 2. The average molecular weight is 437 g/mol. The molecule has 0 spiro atoms. The third kappa shape index (κ3) is 4.55. The van der Waals surface area contributed by atoms with E-state index in [9.17, 15) is 9.59 Å². The van der Waals surface area contributed by atoms with Crippen molar-refractivity contribution in [2.75, 3.05) is 39.7 Å². The summed E-state index contributed by atoms with van der Waals surface area (Å²) in [6.07, 6.45) is 2.72. The number of nitrogens with zero attached hydrogens (tertiary/aromatic N) is 2. The van der Waals surface area contributed by atoms with Crippen molar-refractivity contribution in [3.63, 3.8) is 0 Å². The summed E-state index contributed by atoms with van der Waals surface area (Å²) in [6.45, 7) is 2.00. The first-order chi connectivity index (χ1) is 15.5. The summed E-state index contributed by atoms with van der Waals surface area (Å²) in [5.41, 5.74) is 3.99. The maximum absolute atomic E-state index is 12.7. The number of nitrogens with one attached hydrogen (secondary N) is 2. The molecule has 0 radical (unpaired) electrons. The van der Waals surface area contributed by atoms with Gasteiger partial charge in [0.1, 0.15) is 6.54 Å². The molecule has 1 aliphatic heterocycles. The van der Waals surface area contributed by atoms with E-state index < -0.39 is 0 Å². The molecule has 4 rings (SSSR count). The summed E-state index contributed by atoms with van der Waals surface area (Å²) in [5, 5.41) is 6.64. The number of fused-ring (bicyclic) bond motifs is 2. The van der Waals surface area contributed by atoms with E-state index in [1.165, 1.54) is 5.56 Å². The minimum absolute atomic E-state index is 0.0716. The number of anilines is 1. The van der Waals surface area contributed by atoms with Crippen LogP contribution in [-0.2, 0) is 29.1 Å². The van der Waals surface area contributed by atoms with E-state index in [-0.39, 0.29) is 18.4 Å². The standard InChI is InChI=1S/C24H28N4O4/c1-25-23(29)15-28-9-7-16-4-5-19(12-20(16)28)26-24(30)14-27-8-6-17-10-21(31-2)22(32-3)11-18(17)13-27/h4-5,7,9-12H,6,8,13-15H2,1-3H3,(H,25,29)(H,26,30). The minimum atomic E-state index is -0.0726. The molecule has 3 aromatic rings. The van der Waals surface area contributed by atoms with Gasteiger partial charge in [-0.15, -0.1) is 0 Å². The number of amides is 2. The number of ether oxygens (including phenoxy) is 2. The van der Waals surface area contributed by atoms with E-state index >= 15 is 0 Å². The number of hydrogen-bond acceptors (Lipinski definition) is 5. The van der Waals surface area contributed by atoms with Crippen molar-refractivity contribution in [2.24, 2.45) is 0 Å². The highest BCUT2D eigenvalue weighted by atomic mass is 16.5. The van der Waals surface area contributed by atoms with E-state index in [0.717, 1.165) is 35.2 Å². The van der Waals surface area contributed by atoms with Crippen LogP contribution in [0, 0.1) is 0 Å². The van der Waals surface area contributed by atoms with Crippen LogP contribution in [0.2, 0.25) is 0 Å². The second-order valence-corrected chi connectivity index (χ2v) is 7.88. The molecule has 8 nitrogen and oxygen atoms in total. The molecule has 168 valence electrons. The molecule has 2 aromatic carbocycles. The number of rotatable bonds is 7. The van der Waals surface area contributed by atoms with Crippen molar-refractivity contribution in [3.8, 4) is 11.5 Å². The molecule has 1 aliphatic rings. The van der Waals surface area contributed by atoms with Crippen LogP contribution in [0.3, 0.4) is 0 Å². The molecule has 8 heteroatoms. The van der Waals surface area contributed by atoms with Crippen molar-refractivity contribution >= 4 is 28.4 Å². The van der Waals surface area contributed by atoms with Crippen molar-refractivity contribution < 1.29 is 19.1 Å². The van der Waals surface area contributed by atoms with Gasteiger partial charge in [-0.1, -0.05) is 6.07 Å². The molecule has 0 unspecified atom stereocenters. The van der Waals surface area contributed by atoms with Gasteiger partial charge in [0.15, 0.2) is 11.5 Å². The molecular weight excluding hydrogens is 408 g/mol.